The summed E-state index contributed by atoms with van der Waals surface area (Å²) < 4.78 is 0. The van der Waals surface area contributed by atoms with Gasteiger partial charge in [-0.25, -0.2) is 0 Å². The number of hydrogen-bond acceptors (Lipinski definition) is 2. The monoisotopic (exact) mass is 614 g/mol. The summed E-state index contributed by atoms with van der Waals surface area (Å²) in [6.45, 7) is 2.37. The molecule has 0 fully saturated rings. The first-order valence-electron chi connectivity index (χ1n) is 16.5. The summed E-state index contributed by atoms with van der Waals surface area (Å²) >= 11 is 0. The fourth-order valence-electron chi connectivity index (χ4n) is 8.90. The predicted molar refractivity (Wildman–Crippen MR) is 202 cm³/mol. The topological polar surface area (TPSA) is 6.48 Å². The van der Waals surface area contributed by atoms with E-state index in [0.29, 0.717) is 0 Å². The van der Waals surface area contributed by atoms with Crippen LogP contribution in [0.3, 0.4) is 0 Å². The lowest BCUT2D eigenvalue weighted by Crippen LogP contribution is -2.88. The van der Waals surface area contributed by atoms with Crippen molar-refractivity contribution >= 4 is 86.0 Å². The maximum Gasteiger partial charge on any atom is 0.251 e. The van der Waals surface area contributed by atoms with Crippen molar-refractivity contribution in [2.24, 2.45) is 0 Å². The summed E-state index contributed by atoms with van der Waals surface area (Å²) in [7, 11) is -2.78. The Morgan fingerprint density at radius 1 is 0.404 bits per heavy atom. The molecule has 0 atom stereocenters. The van der Waals surface area contributed by atoms with Crippen LogP contribution in [0.4, 0.5) is 34.1 Å². The highest BCUT2D eigenvalue weighted by Crippen LogP contribution is 2.44. The highest BCUT2D eigenvalue weighted by molar-refractivity contribution is 7.27. The van der Waals surface area contributed by atoms with Crippen molar-refractivity contribution in [3.8, 4) is 0 Å². The number of hydrogen-bond donors (Lipinski definition) is 0. The number of para-hydroxylation sites is 2. The summed E-state index contributed by atoms with van der Waals surface area (Å²) in [6.07, 6.45) is 0. The van der Waals surface area contributed by atoms with Crippen molar-refractivity contribution < 1.29 is 0 Å². The first-order valence-corrected chi connectivity index (χ1v) is 18.5. The van der Waals surface area contributed by atoms with E-state index in [1.165, 1.54) is 76.8 Å². The van der Waals surface area contributed by atoms with Crippen LogP contribution in [0, 0.1) is 6.92 Å². The van der Waals surface area contributed by atoms with Gasteiger partial charge >= 0.3 is 0 Å². The van der Waals surface area contributed by atoms with Crippen molar-refractivity contribution in [3.05, 3.63) is 175 Å². The molecule has 0 saturated carbocycles. The third-order valence-electron chi connectivity index (χ3n) is 10.5. The van der Waals surface area contributed by atoms with Gasteiger partial charge in [-0.05, 0) is 98.2 Å². The lowest BCUT2D eigenvalue weighted by atomic mass is 9.33. The van der Waals surface area contributed by atoms with Gasteiger partial charge in [0.05, 0.1) is 0 Å². The van der Waals surface area contributed by atoms with Crippen LogP contribution in [0.5, 0.6) is 0 Å². The van der Waals surface area contributed by atoms with Crippen LogP contribution >= 0.6 is 0 Å². The summed E-state index contributed by atoms with van der Waals surface area (Å²) in [5.41, 5.74) is 13.1. The molecular formula is C43H31BN2Si. The van der Waals surface area contributed by atoms with Crippen molar-refractivity contribution in [2.75, 3.05) is 9.80 Å². The second-order valence-corrected chi connectivity index (χ2v) is 16.7. The van der Waals surface area contributed by atoms with Crippen molar-refractivity contribution in [1.82, 2.24) is 0 Å². The third kappa shape index (κ3) is 3.51. The maximum absolute atomic E-state index is 2.78. The molecule has 0 bridgehead atoms. The number of nitrogens with zero attached hydrogens (tertiary/aromatic N) is 2. The number of rotatable bonds is 4. The molecule has 7 aromatic rings. The van der Waals surface area contributed by atoms with E-state index in [0.717, 1.165) is 0 Å². The van der Waals surface area contributed by atoms with Gasteiger partial charge in [0.2, 0.25) is 0 Å². The fraction of sp³-hybridized carbons (Fsp3) is 0.0233. The van der Waals surface area contributed by atoms with Crippen molar-refractivity contribution in [3.63, 3.8) is 0 Å². The minimum absolute atomic E-state index is 0.131. The Labute approximate surface area is 277 Å². The molecule has 10 rings (SSSR count). The third-order valence-corrected chi connectivity index (χ3v) is 15.4. The predicted octanol–water partition coefficient (Wildman–Crippen LogP) is 5.77. The Morgan fingerprint density at radius 2 is 0.809 bits per heavy atom. The van der Waals surface area contributed by atoms with Gasteiger partial charge in [-0.1, -0.05) is 121 Å². The molecule has 220 valence electrons. The van der Waals surface area contributed by atoms with Crippen LogP contribution < -0.4 is 46.9 Å². The normalized spacial score (nSPS) is 14.5. The van der Waals surface area contributed by atoms with E-state index in [1.54, 1.807) is 0 Å². The summed E-state index contributed by atoms with van der Waals surface area (Å²) in [5, 5.41) is 5.83. The average Bonchev–Trinajstić information content (AvgIpc) is 3.13. The quantitative estimate of drug-likeness (QED) is 0.233. The van der Waals surface area contributed by atoms with Crippen LogP contribution in [-0.4, -0.2) is 14.8 Å². The summed E-state index contributed by atoms with van der Waals surface area (Å²) in [6, 6.07) is 63.8. The van der Waals surface area contributed by atoms with E-state index < -0.39 is 8.07 Å². The molecule has 0 unspecified atom stereocenters. The standard InChI is InChI=1S/C43H31BN2Si/c1-30-28-37-41-38(29-30)46(32-18-8-3-9-19-32)36-25-15-27-40-43(36)44(41)42-35(45(37)31-16-6-2-7-17-31)24-14-26-39(42)47(40,33-20-10-4-11-21-33)34-22-12-5-13-23-34/h2-29H,1H3. The molecule has 4 heteroatoms. The van der Waals surface area contributed by atoms with Gasteiger partial charge in [-0.15, -0.1) is 0 Å². The molecular weight excluding hydrogens is 583 g/mol. The fourth-order valence-corrected chi connectivity index (χ4v) is 14.2. The lowest BCUT2D eigenvalue weighted by molar-refractivity contribution is 1.24. The van der Waals surface area contributed by atoms with Gasteiger partial charge in [0.25, 0.3) is 6.71 Å². The largest absolute Gasteiger partial charge is 0.311 e. The SMILES string of the molecule is Cc1cc2c3c(c1)N(c1ccccc1)c1cccc4c1B3c1c(cccc1[Si]4(c1ccccc1)c1ccccc1)N2c1ccccc1. The minimum atomic E-state index is -2.78. The maximum atomic E-state index is 2.54. The second-order valence-electron chi connectivity index (χ2n) is 13.0. The Kier molecular flexibility index (Phi) is 5.64. The summed E-state index contributed by atoms with van der Waals surface area (Å²) in [4.78, 5) is 5.08. The van der Waals surface area contributed by atoms with E-state index in [4.69, 9.17) is 0 Å². The molecule has 0 N–H and O–H groups in total. The number of anilines is 6. The Balaban J connectivity index is 1.43. The van der Waals surface area contributed by atoms with E-state index in [9.17, 15) is 0 Å². The molecule has 0 aromatic heterocycles. The zero-order chi connectivity index (χ0) is 31.1. The molecule has 2 nitrogen and oxygen atoms in total. The second kappa shape index (κ2) is 9.96. The minimum Gasteiger partial charge on any atom is -0.311 e. The van der Waals surface area contributed by atoms with Gasteiger partial charge in [-0.2, -0.15) is 0 Å². The Hall–Kier alpha value is -5.58. The molecule has 0 saturated heterocycles. The zero-order valence-electron chi connectivity index (χ0n) is 26.1. The smallest absolute Gasteiger partial charge is 0.251 e. The average molecular weight is 615 g/mol. The van der Waals surface area contributed by atoms with Gasteiger partial charge in [0, 0.05) is 34.1 Å². The zero-order valence-corrected chi connectivity index (χ0v) is 27.1. The molecule has 0 amide bonds. The van der Waals surface area contributed by atoms with Crippen LogP contribution in [0.25, 0.3) is 0 Å². The van der Waals surface area contributed by atoms with Crippen LogP contribution in [0.1, 0.15) is 5.56 Å². The Bertz CT molecular complexity index is 2160. The first kappa shape index (κ1) is 26.6. The van der Waals surface area contributed by atoms with Crippen molar-refractivity contribution in [1.29, 1.82) is 0 Å². The highest BCUT2D eigenvalue weighted by Gasteiger charge is 2.56. The molecule has 0 spiro atoms. The number of benzene rings is 7. The van der Waals surface area contributed by atoms with E-state index >= 15 is 0 Å². The van der Waals surface area contributed by atoms with Crippen LogP contribution in [0.2, 0.25) is 0 Å². The molecule has 3 aliphatic rings. The van der Waals surface area contributed by atoms with E-state index in [1.807, 2.05) is 0 Å². The molecule has 0 aliphatic carbocycles. The highest BCUT2D eigenvalue weighted by atomic mass is 28.3. The van der Waals surface area contributed by atoms with Crippen molar-refractivity contribution in [2.45, 2.75) is 6.92 Å². The molecule has 0 radical (unpaired) electrons. The molecule has 3 heterocycles. The van der Waals surface area contributed by atoms with Gasteiger partial charge in [0.1, 0.15) is 0 Å². The molecule has 47 heavy (non-hydrogen) atoms. The van der Waals surface area contributed by atoms with Crippen LogP contribution in [0.15, 0.2) is 170 Å². The number of aryl methyl sites for hydroxylation is 1. The lowest BCUT2D eigenvalue weighted by Gasteiger charge is -2.51. The van der Waals surface area contributed by atoms with Gasteiger partial charge in [-0.3, -0.25) is 0 Å². The molecule has 3 aliphatic heterocycles. The van der Waals surface area contributed by atoms with E-state index in [-0.39, 0.29) is 6.71 Å². The van der Waals surface area contributed by atoms with Gasteiger partial charge in [0.15, 0.2) is 8.07 Å². The van der Waals surface area contributed by atoms with Crippen LogP contribution in [-0.2, 0) is 0 Å². The Morgan fingerprint density at radius 3 is 1.23 bits per heavy atom. The first-order chi connectivity index (χ1) is 23.3. The molecule has 7 aromatic carbocycles. The summed E-state index contributed by atoms with van der Waals surface area (Å²) in [5.74, 6) is 0. The van der Waals surface area contributed by atoms with Gasteiger partial charge < -0.3 is 9.80 Å². The van der Waals surface area contributed by atoms with E-state index in [2.05, 4.69) is 187 Å².